The van der Waals surface area contributed by atoms with Gasteiger partial charge in [0.1, 0.15) is 6.04 Å². The Labute approximate surface area is 186 Å². The van der Waals surface area contributed by atoms with E-state index >= 15 is 0 Å². The van der Waals surface area contributed by atoms with Crippen molar-refractivity contribution < 1.29 is 14.0 Å². The normalized spacial score (nSPS) is 15.7. The van der Waals surface area contributed by atoms with Gasteiger partial charge >= 0.3 is 5.76 Å². The molecule has 1 aliphatic heterocycles. The number of hydrogen-bond donors (Lipinski definition) is 1. The van der Waals surface area contributed by atoms with E-state index in [1.165, 1.54) is 4.57 Å². The van der Waals surface area contributed by atoms with Gasteiger partial charge in [0.05, 0.1) is 12.1 Å². The summed E-state index contributed by atoms with van der Waals surface area (Å²) in [6.45, 7) is 8.15. The molecule has 8 heteroatoms. The molecule has 168 valence electrons. The van der Waals surface area contributed by atoms with Crippen LogP contribution < -0.4 is 11.1 Å². The van der Waals surface area contributed by atoms with Crippen molar-refractivity contribution in [3.63, 3.8) is 0 Å². The number of oxazole rings is 1. The van der Waals surface area contributed by atoms with Crippen LogP contribution >= 0.6 is 0 Å². The number of nitrogens with one attached hydrogen (secondary N) is 1. The molecule has 0 radical (unpaired) electrons. The Morgan fingerprint density at radius 3 is 2.34 bits per heavy atom. The van der Waals surface area contributed by atoms with Crippen LogP contribution in [0.5, 0.6) is 0 Å². The van der Waals surface area contributed by atoms with Gasteiger partial charge in [-0.05, 0) is 44.0 Å². The zero-order chi connectivity index (χ0) is 22.8. The fraction of sp³-hybridized carbons (Fsp3) is 0.375. The molecule has 4 rings (SSSR count). The molecule has 1 saturated heterocycles. The molecule has 1 aromatic heterocycles. The summed E-state index contributed by atoms with van der Waals surface area (Å²) in [7, 11) is 0. The maximum atomic E-state index is 13.1. The van der Waals surface area contributed by atoms with E-state index in [0.29, 0.717) is 37.3 Å². The zero-order valence-corrected chi connectivity index (χ0v) is 18.6. The Morgan fingerprint density at radius 1 is 1.00 bits per heavy atom. The Balaban J connectivity index is 1.35. The third kappa shape index (κ3) is 4.31. The Bertz CT molecular complexity index is 1180. The largest absolute Gasteiger partial charge is 0.420 e. The van der Waals surface area contributed by atoms with E-state index in [1.54, 1.807) is 30.0 Å². The number of carbonyl (C=O) groups excluding carboxylic acids is 2. The second kappa shape index (κ2) is 9.00. The molecule has 0 bridgehead atoms. The number of aromatic nitrogens is 1. The Hall–Kier alpha value is -3.39. The number of aryl methyl sites for hydroxylation is 2. The van der Waals surface area contributed by atoms with Gasteiger partial charge < -0.3 is 14.6 Å². The molecule has 2 aromatic carbocycles. The average Bonchev–Trinajstić information content (AvgIpc) is 3.11. The fourth-order valence-electron chi connectivity index (χ4n) is 4.25. The quantitative estimate of drug-likeness (QED) is 0.664. The van der Waals surface area contributed by atoms with E-state index in [-0.39, 0.29) is 18.4 Å². The topological polar surface area (TPSA) is 87.8 Å². The van der Waals surface area contributed by atoms with Crippen LogP contribution in [-0.4, -0.2) is 58.9 Å². The Morgan fingerprint density at radius 2 is 1.66 bits per heavy atom. The van der Waals surface area contributed by atoms with Crippen molar-refractivity contribution in [3.05, 3.63) is 64.1 Å². The molecule has 8 nitrogen and oxygen atoms in total. The molecule has 1 fully saturated rings. The Kier molecular flexibility index (Phi) is 6.14. The molecule has 1 N–H and O–H groups in total. The standard InChI is InChI=1S/C24H28N4O4/c1-16-7-6-8-17(2)22(16)25-21(29)15-26-11-13-27(14-12-26)23(30)18(3)28-19-9-4-5-10-20(19)32-24(28)31/h4-10,18H,11-15H2,1-3H3,(H,25,29). The molecule has 1 atom stereocenters. The number of rotatable bonds is 5. The molecule has 2 amide bonds. The average molecular weight is 437 g/mol. The molecule has 0 saturated carbocycles. The molecule has 2 heterocycles. The number of piperazine rings is 1. The summed E-state index contributed by atoms with van der Waals surface area (Å²) >= 11 is 0. The van der Waals surface area contributed by atoms with Gasteiger partial charge in [-0.15, -0.1) is 0 Å². The van der Waals surface area contributed by atoms with Crippen LogP contribution in [0.4, 0.5) is 5.69 Å². The minimum absolute atomic E-state index is 0.0630. The number of para-hydroxylation sites is 3. The summed E-state index contributed by atoms with van der Waals surface area (Å²) < 4.78 is 6.67. The van der Waals surface area contributed by atoms with E-state index in [9.17, 15) is 14.4 Å². The third-order valence-electron chi connectivity index (χ3n) is 6.06. The molecule has 1 unspecified atom stereocenters. The molecule has 0 aliphatic carbocycles. The lowest BCUT2D eigenvalue weighted by Gasteiger charge is -2.35. The summed E-state index contributed by atoms with van der Waals surface area (Å²) in [6, 6.07) is 12.3. The summed E-state index contributed by atoms with van der Waals surface area (Å²) in [4.78, 5) is 41.7. The third-order valence-corrected chi connectivity index (χ3v) is 6.06. The first-order valence-corrected chi connectivity index (χ1v) is 10.8. The van der Waals surface area contributed by atoms with Gasteiger partial charge in [-0.3, -0.25) is 19.1 Å². The smallest absolute Gasteiger partial charge is 0.408 e. The molecule has 0 spiro atoms. The van der Waals surface area contributed by atoms with Crippen LogP contribution in [0.3, 0.4) is 0 Å². The number of fused-ring (bicyclic) bond motifs is 1. The van der Waals surface area contributed by atoms with Crippen molar-refractivity contribution in [2.24, 2.45) is 0 Å². The summed E-state index contributed by atoms with van der Waals surface area (Å²) in [5, 5.41) is 3.01. The highest BCUT2D eigenvalue weighted by Crippen LogP contribution is 2.20. The van der Waals surface area contributed by atoms with Crippen LogP contribution in [0.2, 0.25) is 0 Å². The first-order chi connectivity index (χ1) is 15.3. The van der Waals surface area contributed by atoms with Crippen molar-refractivity contribution >= 4 is 28.6 Å². The van der Waals surface area contributed by atoms with Crippen molar-refractivity contribution in [3.8, 4) is 0 Å². The predicted octanol–water partition coefficient (Wildman–Crippen LogP) is 2.56. The lowest BCUT2D eigenvalue weighted by Crippen LogP contribution is -2.52. The minimum atomic E-state index is -0.662. The number of benzene rings is 2. The van der Waals surface area contributed by atoms with Gasteiger partial charge in [-0.2, -0.15) is 0 Å². The van der Waals surface area contributed by atoms with Crippen LogP contribution in [0.1, 0.15) is 24.1 Å². The first kappa shape index (κ1) is 21.8. The van der Waals surface area contributed by atoms with Crippen molar-refractivity contribution in [2.45, 2.75) is 26.8 Å². The molecule has 1 aliphatic rings. The highest BCUT2D eigenvalue weighted by molar-refractivity contribution is 5.93. The van der Waals surface area contributed by atoms with Gasteiger partial charge in [0.25, 0.3) is 0 Å². The highest BCUT2D eigenvalue weighted by Gasteiger charge is 2.29. The van der Waals surface area contributed by atoms with Crippen LogP contribution in [0.25, 0.3) is 11.1 Å². The maximum Gasteiger partial charge on any atom is 0.420 e. The van der Waals surface area contributed by atoms with E-state index in [1.807, 2.05) is 43.0 Å². The number of anilines is 1. The van der Waals surface area contributed by atoms with Gasteiger partial charge in [0.15, 0.2) is 5.58 Å². The van der Waals surface area contributed by atoms with Gasteiger partial charge in [-0.25, -0.2) is 4.79 Å². The second-order valence-corrected chi connectivity index (χ2v) is 8.30. The SMILES string of the molecule is Cc1cccc(C)c1NC(=O)CN1CCN(C(=O)C(C)n2c(=O)oc3ccccc32)CC1. The maximum absolute atomic E-state index is 13.1. The van der Waals surface area contributed by atoms with E-state index in [4.69, 9.17) is 4.42 Å². The summed E-state index contributed by atoms with van der Waals surface area (Å²) in [5.74, 6) is -0.723. The summed E-state index contributed by atoms with van der Waals surface area (Å²) in [6.07, 6.45) is 0. The number of carbonyl (C=O) groups is 2. The van der Waals surface area contributed by atoms with E-state index in [2.05, 4.69) is 5.32 Å². The van der Waals surface area contributed by atoms with Gasteiger partial charge in [0.2, 0.25) is 11.8 Å². The second-order valence-electron chi connectivity index (χ2n) is 8.30. The predicted molar refractivity (Wildman–Crippen MR) is 123 cm³/mol. The molecule has 3 aromatic rings. The monoisotopic (exact) mass is 436 g/mol. The van der Waals surface area contributed by atoms with Crippen molar-refractivity contribution in [1.82, 2.24) is 14.4 Å². The lowest BCUT2D eigenvalue weighted by atomic mass is 10.1. The number of hydrogen-bond acceptors (Lipinski definition) is 5. The van der Waals surface area contributed by atoms with E-state index < -0.39 is 11.8 Å². The van der Waals surface area contributed by atoms with Crippen molar-refractivity contribution in [1.29, 1.82) is 0 Å². The molecular formula is C24H28N4O4. The fourth-order valence-corrected chi connectivity index (χ4v) is 4.25. The highest BCUT2D eigenvalue weighted by atomic mass is 16.4. The van der Waals surface area contributed by atoms with Gasteiger partial charge in [-0.1, -0.05) is 30.3 Å². The number of nitrogens with zero attached hydrogens (tertiary/aromatic N) is 3. The van der Waals surface area contributed by atoms with Crippen molar-refractivity contribution in [2.75, 3.05) is 38.0 Å². The van der Waals surface area contributed by atoms with Crippen LogP contribution in [0, 0.1) is 13.8 Å². The van der Waals surface area contributed by atoms with Gasteiger partial charge in [0, 0.05) is 31.9 Å². The van der Waals surface area contributed by atoms with Crippen LogP contribution in [-0.2, 0) is 9.59 Å². The minimum Gasteiger partial charge on any atom is -0.408 e. The number of amides is 2. The lowest BCUT2D eigenvalue weighted by molar-refractivity contribution is -0.136. The van der Waals surface area contributed by atoms with E-state index in [0.717, 1.165) is 16.8 Å². The summed E-state index contributed by atoms with van der Waals surface area (Å²) in [5.41, 5.74) is 4.00. The van der Waals surface area contributed by atoms with Crippen LogP contribution in [0.15, 0.2) is 51.7 Å². The zero-order valence-electron chi connectivity index (χ0n) is 18.6. The first-order valence-electron chi connectivity index (χ1n) is 10.8. The molecule has 32 heavy (non-hydrogen) atoms. The molecular weight excluding hydrogens is 408 g/mol.